The molecule has 0 aromatic heterocycles. The van der Waals surface area contributed by atoms with E-state index in [9.17, 15) is 4.79 Å². The van der Waals surface area contributed by atoms with Crippen molar-refractivity contribution in [3.63, 3.8) is 0 Å². The minimum Gasteiger partial charge on any atom is -0.383 e. The molecule has 6 heteroatoms. The molecule has 0 saturated heterocycles. The lowest BCUT2D eigenvalue weighted by Crippen LogP contribution is -2.44. The fourth-order valence-electron chi connectivity index (χ4n) is 2.05. The molecule has 1 aromatic rings. The summed E-state index contributed by atoms with van der Waals surface area (Å²) >= 11 is 0. The van der Waals surface area contributed by atoms with Crippen LogP contribution in [-0.4, -0.2) is 63.7 Å². The first kappa shape index (κ1) is 20.0. The Morgan fingerprint density at radius 2 is 2.00 bits per heavy atom. The Hall–Kier alpha value is -2.08. The van der Waals surface area contributed by atoms with Gasteiger partial charge in [-0.2, -0.15) is 0 Å². The molecule has 0 heterocycles. The molecule has 1 amide bonds. The quantitative estimate of drug-likeness (QED) is 0.406. The van der Waals surface area contributed by atoms with E-state index in [-0.39, 0.29) is 18.5 Å². The number of carbonyl (C=O) groups is 1. The second-order valence-electron chi connectivity index (χ2n) is 5.94. The normalized spacial score (nSPS) is 12.6. The molecule has 134 valence electrons. The fourth-order valence-corrected chi connectivity index (χ4v) is 2.05. The van der Waals surface area contributed by atoms with Crippen LogP contribution in [0.3, 0.4) is 0 Å². The SMILES string of the molecule is COCCNC(=NCC(=O)N(C)C)NC(C)CCc1ccccc1. The maximum Gasteiger partial charge on any atom is 0.243 e. The number of methoxy groups -OCH3 is 1. The van der Waals surface area contributed by atoms with Crippen LogP contribution >= 0.6 is 0 Å². The number of rotatable bonds is 9. The largest absolute Gasteiger partial charge is 0.383 e. The summed E-state index contributed by atoms with van der Waals surface area (Å²) in [6.07, 6.45) is 1.98. The van der Waals surface area contributed by atoms with Crippen LogP contribution in [-0.2, 0) is 16.0 Å². The molecule has 1 unspecified atom stereocenters. The van der Waals surface area contributed by atoms with Crippen LogP contribution in [0.15, 0.2) is 35.3 Å². The number of amides is 1. The second-order valence-corrected chi connectivity index (χ2v) is 5.94. The van der Waals surface area contributed by atoms with E-state index in [2.05, 4.69) is 46.8 Å². The van der Waals surface area contributed by atoms with Crippen LogP contribution in [0, 0.1) is 0 Å². The van der Waals surface area contributed by atoms with E-state index in [1.165, 1.54) is 10.5 Å². The maximum atomic E-state index is 11.7. The Labute approximate surface area is 145 Å². The average Bonchev–Trinajstić information content (AvgIpc) is 2.58. The zero-order valence-corrected chi connectivity index (χ0v) is 15.2. The molecule has 1 rings (SSSR count). The van der Waals surface area contributed by atoms with Gasteiger partial charge in [-0.05, 0) is 25.3 Å². The van der Waals surface area contributed by atoms with Gasteiger partial charge in [0.1, 0.15) is 6.54 Å². The highest BCUT2D eigenvalue weighted by Crippen LogP contribution is 2.04. The molecular weight excluding hydrogens is 304 g/mol. The van der Waals surface area contributed by atoms with E-state index >= 15 is 0 Å². The summed E-state index contributed by atoms with van der Waals surface area (Å²) in [4.78, 5) is 17.6. The predicted molar refractivity (Wildman–Crippen MR) is 98.2 cm³/mol. The smallest absolute Gasteiger partial charge is 0.243 e. The summed E-state index contributed by atoms with van der Waals surface area (Å²) in [5, 5.41) is 6.54. The van der Waals surface area contributed by atoms with Gasteiger partial charge < -0.3 is 20.3 Å². The third-order valence-electron chi connectivity index (χ3n) is 3.56. The van der Waals surface area contributed by atoms with Crippen molar-refractivity contribution >= 4 is 11.9 Å². The highest BCUT2D eigenvalue weighted by atomic mass is 16.5. The van der Waals surface area contributed by atoms with Gasteiger partial charge in [0.05, 0.1) is 6.61 Å². The monoisotopic (exact) mass is 334 g/mol. The number of hydrogen-bond acceptors (Lipinski definition) is 3. The molecule has 0 bridgehead atoms. The van der Waals surface area contributed by atoms with E-state index in [0.29, 0.717) is 19.1 Å². The number of ether oxygens (including phenoxy) is 1. The van der Waals surface area contributed by atoms with E-state index in [1.807, 2.05) is 6.07 Å². The molecule has 1 atom stereocenters. The van der Waals surface area contributed by atoms with Crippen LogP contribution in [0.2, 0.25) is 0 Å². The summed E-state index contributed by atoms with van der Waals surface area (Å²) < 4.78 is 5.05. The summed E-state index contributed by atoms with van der Waals surface area (Å²) in [7, 11) is 5.11. The lowest BCUT2D eigenvalue weighted by atomic mass is 10.1. The first-order valence-electron chi connectivity index (χ1n) is 8.30. The summed E-state index contributed by atoms with van der Waals surface area (Å²) in [6.45, 7) is 3.47. The van der Waals surface area contributed by atoms with Gasteiger partial charge in [0, 0.05) is 33.8 Å². The van der Waals surface area contributed by atoms with Crippen molar-refractivity contribution in [3.8, 4) is 0 Å². The van der Waals surface area contributed by atoms with Crippen LogP contribution in [0.4, 0.5) is 0 Å². The lowest BCUT2D eigenvalue weighted by Gasteiger charge is -2.18. The second kappa shape index (κ2) is 11.5. The molecule has 0 radical (unpaired) electrons. The topological polar surface area (TPSA) is 66.0 Å². The van der Waals surface area contributed by atoms with E-state index in [1.54, 1.807) is 21.2 Å². The van der Waals surface area contributed by atoms with Crippen molar-refractivity contribution in [3.05, 3.63) is 35.9 Å². The van der Waals surface area contributed by atoms with Gasteiger partial charge in [0.25, 0.3) is 0 Å². The number of aliphatic imine (C=N–C) groups is 1. The van der Waals surface area contributed by atoms with E-state index in [4.69, 9.17) is 4.74 Å². The van der Waals surface area contributed by atoms with Gasteiger partial charge >= 0.3 is 0 Å². The summed E-state index contributed by atoms with van der Waals surface area (Å²) in [5.41, 5.74) is 1.32. The van der Waals surface area contributed by atoms with Crippen molar-refractivity contribution < 1.29 is 9.53 Å². The zero-order valence-electron chi connectivity index (χ0n) is 15.2. The van der Waals surface area contributed by atoms with Gasteiger partial charge in [-0.25, -0.2) is 4.99 Å². The number of aryl methyl sites for hydroxylation is 1. The summed E-state index contributed by atoms with van der Waals surface area (Å²) in [5.74, 6) is 0.614. The van der Waals surface area contributed by atoms with Gasteiger partial charge in [0.15, 0.2) is 5.96 Å². The first-order chi connectivity index (χ1) is 11.5. The number of likely N-dealkylation sites (N-methyl/N-ethyl adjacent to an activating group) is 1. The standard InChI is InChI=1S/C18H30N4O2/c1-15(10-11-16-8-6-5-7-9-16)21-18(19-12-13-24-4)20-14-17(23)22(2)3/h5-9,15H,10-14H2,1-4H3,(H2,19,20,21). The first-order valence-corrected chi connectivity index (χ1v) is 8.30. The van der Waals surface area contributed by atoms with Crippen molar-refractivity contribution in [2.75, 3.05) is 40.9 Å². The minimum absolute atomic E-state index is 0.0280. The lowest BCUT2D eigenvalue weighted by molar-refractivity contribution is -0.127. The molecule has 1 aromatic carbocycles. The number of carbonyl (C=O) groups excluding carboxylic acids is 1. The Morgan fingerprint density at radius 1 is 1.29 bits per heavy atom. The van der Waals surface area contributed by atoms with E-state index < -0.39 is 0 Å². The molecule has 2 N–H and O–H groups in total. The van der Waals surface area contributed by atoms with Crippen LogP contribution in [0.1, 0.15) is 18.9 Å². The molecule has 0 fully saturated rings. The van der Waals surface area contributed by atoms with Gasteiger partial charge in [-0.1, -0.05) is 30.3 Å². The minimum atomic E-state index is -0.0280. The molecule has 0 aliphatic heterocycles. The third kappa shape index (κ3) is 8.53. The van der Waals surface area contributed by atoms with E-state index in [0.717, 1.165) is 12.8 Å². The molecule has 0 aliphatic carbocycles. The number of nitrogens with zero attached hydrogens (tertiary/aromatic N) is 2. The predicted octanol–water partition coefficient (Wildman–Crippen LogP) is 1.28. The maximum absolute atomic E-state index is 11.7. The molecule has 24 heavy (non-hydrogen) atoms. The van der Waals surface area contributed by atoms with Crippen LogP contribution < -0.4 is 10.6 Å². The Bertz CT molecular complexity index is 503. The number of guanidine groups is 1. The molecular formula is C18H30N4O2. The van der Waals surface area contributed by atoms with Crippen molar-refractivity contribution in [1.82, 2.24) is 15.5 Å². The Morgan fingerprint density at radius 3 is 2.62 bits per heavy atom. The van der Waals surface area contributed by atoms with Crippen molar-refractivity contribution in [2.24, 2.45) is 4.99 Å². The Kier molecular flexibility index (Phi) is 9.53. The van der Waals surface area contributed by atoms with Crippen molar-refractivity contribution in [2.45, 2.75) is 25.8 Å². The molecule has 0 aliphatic rings. The highest BCUT2D eigenvalue weighted by molar-refractivity contribution is 5.84. The average molecular weight is 334 g/mol. The molecule has 0 saturated carbocycles. The number of nitrogens with one attached hydrogen (secondary N) is 2. The fraction of sp³-hybridized carbons (Fsp3) is 0.556. The Balaban J connectivity index is 2.51. The van der Waals surface area contributed by atoms with Gasteiger partial charge in [0.2, 0.25) is 5.91 Å². The van der Waals surface area contributed by atoms with Crippen molar-refractivity contribution in [1.29, 1.82) is 0 Å². The number of benzene rings is 1. The molecule has 0 spiro atoms. The summed E-state index contributed by atoms with van der Waals surface area (Å²) in [6, 6.07) is 10.6. The molecule has 6 nitrogen and oxygen atoms in total. The van der Waals surface area contributed by atoms with Crippen LogP contribution in [0.5, 0.6) is 0 Å². The number of hydrogen-bond donors (Lipinski definition) is 2. The van der Waals surface area contributed by atoms with Crippen LogP contribution in [0.25, 0.3) is 0 Å². The highest BCUT2D eigenvalue weighted by Gasteiger charge is 2.08. The third-order valence-corrected chi connectivity index (χ3v) is 3.56. The zero-order chi connectivity index (χ0) is 17.8. The van der Waals surface area contributed by atoms with Gasteiger partial charge in [-0.15, -0.1) is 0 Å². The van der Waals surface area contributed by atoms with Gasteiger partial charge in [-0.3, -0.25) is 4.79 Å².